The van der Waals surface area contributed by atoms with Gasteiger partial charge in [-0.2, -0.15) is 0 Å². The van der Waals surface area contributed by atoms with E-state index in [4.69, 9.17) is 9.47 Å². The van der Waals surface area contributed by atoms with Gasteiger partial charge in [-0.3, -0.25) is 0 Å². The molecule has 3 rings (SSSR count). The van der Waals surface area contributed by atoms with Crippen LogP contribution in [0.5, 0.6) is 11.5 Å². The first-order valence-corrected chi connectivity index (χ1v) is 14.5. The molecule has 1 aliphatic heterocycles. The normalized spacial score (nSPS) is 13.3. The van der Waals surface area contributed by atoms with Crippen molar-refractivity contribution < 1.29 is 22.8 Å². The van der Waals surface area contributed by atoms with E-state index in [1.54, 1.807) is 14.2 Å². The number of halogens is 2. The number of fused-ring (bicyclic) bond motifs is 1. The van der Waals surface area contributed by atoms with Crippen LogP contribution in [0.3, 0.4) is 0 Å². The van der Waals surface area contributed by atoms with Crippen molar-refractivity contribution in [2.24, 2.45) is 0 Å². The van der Waals surface area contributed by atoms with Gasteiger partial charge in [0.25, 0.3) is 0 Å². The fourth-order valence-electron chi connectivity index (χ4n) is 5.44. The third-order valence-electron chi connectivity index (χ3n) is 7.58. The number of allylic oxidation sites excluding steroid dienone is 1. The van der Waals surface area contributed by atoms with E-state index in [9.17, 15) is 8.78 Å². The van der Waals surface area contributed by atoms with E-state index in [2.05, 4.69) is 36.6 Å². The lowest BCUT2D eigenvalue weighted by atomic mass is 9.88. The van der Waals surface area contributed by atoms with Crippen molar-refractivity contribution >= 4 is 11.8 Å². The quantitative estimate of drug-likeness (QED) is 0.161. The molecule has 0 atom stereocenters. The van der Waals surface area contributed by atoms with Gasteiger partial charge in [-0.05, 0) is 43.0 Å². The molecule has 5 heteroatoms. The minimum Gasteiger partial charge on any atom is -0.493 e. The van der Waals surface area contributed by atoms with Crippen molar-refractivity contribution in [3.63, 3.8) is 0 Å². The molecular weight excluding hydrogens is 480 g/mol. The predicted molar refractivity (Wildman–Crippen MR) is 154 cm³/mol. The highest BCUT2D eigenvalue weighted by Gasteiger charge is 2.31. The van der Waals surface area contributed by atoms with E-state index in [-0.39, 0.29) is 12.1 Å². The summed E-state index contributed by atoms with van der Waals surface area (Å²) in [6.45, 7) is 5.37. The lowest BCUT2D eigenvalue weighted by Crippen LogP contribution is -2.31. The van der Waals surface area contributed by atoms with Crippen LogP contribution in [0.4, 0.5) is 8.78 Å². The molecule has 0 spiro atoms. The van der Waals surface area contributed by atoms with Crippen LogP contribution in [-0.2, 0) is 13.0 Å². The average Bonchev–Trinajstić information content (AvgIpc) is 2.92. The molecule has 2 aromatic carbocycles. The first-order valence-electron chi connectivity index (χ1n) is 14.5. The molecule has 1 aliphatic rings. The topological polar surface area (TPSA) is 21.5 Å². The lowest BCUT2D eigenvalue weighted by Gasteiger charge is -2.24. The van der Waals surface area contributed by atoms with Crippen molar-refractivity contribution in [2.45, 2.75) is 97.4 Å². The highest BCUT2D eigenvalue weighted by molar-refractivity contribution is 6.00. The second-order valence-electron chi connectivity index (χ2n) is 10.3. The summed E-state index contributed by atoms with van der Waals surface area (Å²) in [5, 5.41) is 0. The first-order chi connectivity index (χ1) is 18.5. The number of ether oxygens (including phenoxy) is 2. The Morgan fingerprint density at radius 1 is 0.895 bits per heavy atom. The van der Waals surface area contributed by atoms with Gasteiger partial charge in [0.15, 0.2) is 23.8 Å². The van der Waals surface area contributed by atoms with E-state index in [1.807, 2.05) is 0 Å². The zero-order valence-electron chi connectivity index (χ0n) is 23.9. The second-order valence-corrected chi connectivity index (χ2v) is 10.3. The molecule has 0 aromatic heterocycles. The number of hydrogen-bond acceptors (Lipinski definition) is 2. The zero-order valence-corrected chi connectivity index (χ0v) is 23.9. The predicted octanol–water partition coefficient (Wildman–Crippen LogP) is 8.88. The Morgan fingerprint density at radius 3 is 2.24 bits per heavy atom. The number of methoxy groups -OCH3 is 2. The van der Waals surface area contributed by atoms with Crippen LogP contribution in [0, 0.1) is 11.6 Å². The number of hydrogen-bond donors (Lipinski definition) is 0. The van der Waals surface area contributed by atoms with Crippen LogP contribution in [0.1, 0.15) is 107 Å². The summed E-state index contributed by atoms with van der Waals surface area (Å²) < 4.78 is 43.1. The molecule has 0 unspecified atom stereocenters. The smallest absolute Gasteiger partial charge is 0.184 e. The number of nitrogens with zero attached hydrogens (tertiary/aromatic N) is 1. The Morgan fingerprint density at radius 2 is 1.58 bits per heavy atom. The molecule has 0 aliphatic carbocycles. The van der Waals surface area contributed by atoms with Crippen molar-refractivity contribution in [3.05, 3.63) is 64.2 Å². The molecule has 0 radical (unpaired) electrons. The third-order valence-corrected chi connectivity index (χ3v) is 7.58. The molecule has 0 saturated heterocycles. The van der Waals surface area contributed by atoms with Crippen LogP contribution in [0.2, 0.25) is 0 Å². The molecule has 0 saturated carbocycles. The van der Waals surface area contributed by atoms with Crippen LogP contribution in [0.15, 0.2) is 30.3 Å². The van der Waals surface area contributed by atoms with Gasteiger partial charge in [-0.25, -0.2) is 13.4 Å². The monoisotopic (exact) mass is 526 g/mol. The summed E-state index contributed by atoms with van der Waals surface area (Å²) in [5.74, 6) is 0.473. The van der Waals surface area contributed by atoms with Crippen LogP contribution >= 0.6 is 0 Å². The molecule has 2 aromatic rings. The molecule has 0 bridgehead atoms. The van der Waals surface area contributed by atoms with Crippen LogP contribution in [-0.4, -0.2) is 31.1 Å². The first kappa shape index (κ1) is 29.9. The average molecular weight is 527 g/mol. The van der Waals surface area contributed by atoms with Gasteiger partial charge >= 0.3 is 0 Å². The summed E-state index contributed by atoms with van der Waals surface area (Å²) in [6, 6.07) is 6.18. The standard InChI is InChI=1S/C33H46F2NO2/c1-5-7-9-11-13-14-17-26-25-21-22-36(24-28-29(34)18-16-19-30(28)35)31(20-15-12-10-8-6-2)27(25)23-32(37-3)33(26)38-4/h14,16-19,23H,5-13,15,20-22,24H2,1-4H3/q+1. The molecule has 208 valence electrons. The highest BCUT2D eigenvalue weighted by atomic mass is 19.1. The number of benzene rings is 2. The van der Waals surface area contributed by atoms with E-state index in [0.29, 0.717) is 12.3 Å². The maximum atomic E-state index is 14.6. The summed E-state index contributed by atoms with van der Waals surface area (Å²) in [4.78, 5) is 0. The molecule has 1 heterocycles. The second kappa shape index (κ2) is 15.7. The Labute approximate surface area is 228 Å². The minimum absolute atomic E-state index is 0.132. The lowest BCUT2D eigenvalue weighted by molar-refractivity contribution is -0.546. The van der Waals surface area contributed by atoms with E-state index >= 15 is 0 Å². The Kier molecular flexibility index (Phi) is 12.3. The summed E-state index contributed by atoms with van der Waals surface area (Å²) >= 11 is 0. The SMILES string of the molecule is CCCCCCC=Cc1c2c(cc(OC)c1OC)C(CCCCCCC)=[N+](Cc1c(F)cccc1F)CC2. The van der Waals surface area contributed by atoms with Crippen LogP contribution in [0.25, 0.3) is 6.08 Å². The van der Waals surface area contributed by atoms with Crippen molar-refractivity contribution in [1.29, 1.82) is 0 Å². The molecule has 0 amide bonds. The maximum absolute atomic E-state index is 14.6. The minimum atomic E-state index is -0.489. The van der Waals surface area contributed by atoms with Crippen LogP contribution < -0.4 is 9.47 Å². The van der Waals surface area contributed by atoms with E-state index in [1.165, 1.54) is 68.7 Å². The number of rotatable bonds is 16. The molecule has 0 N–H and O–H groups in total. The maximum Gasteiger partial charge on any atom is 0.184 e. The van der Waals surface area contributed by atoms with Crippen molar-refractivity contribution in [3.8, 4) is 11.5 Å². The van der Waals surface area contributed by atoms with Crippen molar-refractivity contribution in [1.82, 2.24) is 0 Å². The largest absolute Gasteiger partial charge is 0.493 e. The fraction of sp³-hybridized carbons (Fsp3) is 0.545. The van der Waals surface area contributed by atoms with Gasteiger partial charge in [0.05, 0.1) is 19.8 Å². The van der Waals surface area contributed by atoms with Gasteiger partial charge in [0.1, 0.15) is 18.2 Å². The van der Waals surface area contributed by atoms with Crippen molar-refractivity contribution in [2.75, 3.05) is 20.8 Å². The molecule has 3 nitrogen and oxygen atoms in total. The molecular formula is C33H46F2NO2+. The van der Waals surface area contributed by atoms with Gasteiger partial charge in [0, 0.05) is 24.0 Å². The Bertz CT molecular complexity index is 1090. The summed E-state index contributed by atoms with van der Waals surface area (Å²) in [7, 11) is 3.36. The van der Waals surface area contributed by atoms with Gasteiger partial charge < -0.3 is 9.47 Å². The summed E-state index contributed by atoms with van der Waals surface area (Å²) in [5.41, 5.74) is 4.70. The fourth-order valence-corrected chi connectivity index (χ4v) is 5.44. The molecule has 0 fully saturated rings. The van der Waals surface area contributed by atoms with E-state index in [0.717, 1.165) is 54.7 Å². The Balaban J connectivity index is 2.04. The van der Waals surface area contributed by atoms with E-state index < -0.39 is 11.6 Å². The Hall–Kier alpha value is -2.69. The summed E-state index contributed by atoms with van der Waals surface area (Å²) in [6.07, 6.45) is 17.8. The van der Waals surface area contributed by atoms with Gasteiger partial charge in [-0.1, -0.05) is 77.0 Å². The molecule has 38 heavy (non-hydrogen) atoms. The highest BCUT2D eigenvalue weighted by Crippen LogP contribution is 2.39. The zero-order chi connectivity index (χ0) is 27.3. The third kappa shape index (κ3) is 7.68. The van der Waals surface area contributed by atoms with Gasteiger partial charge in [0.2, 0.25) is 0 Å². The number of unbranched alkanes of at least 4 members (excludes halogenated alkanes) is 8. The van der Waals surface area contributed by atoms with Gasteiger partial charge in [-0.15, -0.1) is 0 Å².